The van der Waals surface area contributed by atoms with Crippen molar-refractivity contribution < 1.29 is 0 Å². The topological polar surface area (TPSA) is 12.0 Å². The summed E-state index contributed by atoms with van der Waals surface area (Å²) in [6.07, 6.45) is 2.26. The highest BCUT2D eigenvalue weighted by Gasteiger charge is 2.14. The summed E-state index contributed by atoms with van der Waals surface area (Å²) in [4.78, 5) is 1.45. The zero-order valence-corrected chi connectivity index (χ0v) is 12.8. The van der Waals surface area contributed by atoms with Gasteiger partial charge in [0.25, 0.3) is 0 Å². The third-order valence-electron chi connectivity index (χ3n) is 3.31. The largest absolute Gasteiger partial charge is 0.316 e. The van der Waals surface area contributed by atoms with Crippen molar-refractivity contribution in [2.24, 2.45) is 0 Å². The van der Waals surface area contributed by atoms with Crippen LogP contribution in [-0.2, 0) is 6.42 Å². The molecule has 1 nitrogen and oxygen atoms in total. The van der Waals surface area contributed by atoms with Crippen molar-refractivity contribution in [1.82, 2.24) is 5.32 Å². The minimum atomic E-state index is 0.482. The van der Waals surface area contributed by atoms with E-state index in [1.165, 1.54) is 10.4 Å². The van der Waals surface area contributed by atoms with Gasteiger partial charge in [-0.3, -0.25) is 0 Å². The van der Waals surface area contributed by atoms with Gasteiger partial charge in [-0.1, -0.05) is 42.8 Å². The molecule has 0 radical (unpaired) electrons. The Morgan fingerprint density at radius 2 is 2.05 bits per heavy atom. The van der Waals surface area contributed by atoms with E-state index in [4.69, 9.17) is 11.6 Å². The maximum absolute atomic E-state index is 6.33. The lowest BCUT2D eigenvalue weighted by Crippen LogP contribution is -2.21. The zero-order chi connectivity index (χ0) is 13.5. The summed E-state index contributed by atoms with van der Waals surface area (Å²) in [5, 5.41) is 6.48. The van der Waals surface area contributed by atoms with E-state index in [9.17, 15) is 0 Å². The fourth-order valence-electron chi connectivity index (χ4n) is 2.26. The Bertz CT molecular complexity index is 481. The Balaban J connectivity index is 2.05. The number of nitrogens with one attached hydrogen (secondary N) is 1. The summed E-state index contributed by atoms with van der Waals surface area (Å²) in [5.41, 5.74) is 1.27. The third-order valence-corrected chi connectivity index (χ3v) is 4.59. The van der Waals surface area contributed by atoms with E-state index < -0.39 is 0 Å². The molecule has 1 N–H and O–H groups in total. The van der Waals surface area contributed by atoms with Crippen LogP contribution in [0, 0.1) is 0 Å². The van der Waals surface area contributed by atoms with Crippen LogP contribution in [0.4, 0.5) is 0 Å². The first-order chi connectivity index (χ1) is 9.31. The van der Waals surface area contributed by atoms with Gasteiger partial charge >= 0.3 is 0 Å². The summed E-state index contributed by atoms with van der Waals surface area (Å²) >= 11 is 8.17. The second kappa shape index (κ2) is 7.68. The molecule has 1 aromatic heterocycles. The van der Waals surface area contributed by atoms with E-state index in [-0.39, 0.29) is 0 Å². The van der Waals surface area contributed by atoms with Crippen molar-refractivity contribution in [1.29, 1.82) is 0 Å². The molecule has 1 atom stereocenters. The molecule has 2 rings (SSSR count). The predicted octanol–water partition coefficient (Wildman–Crippen LogP) is 4.73. The lowest BCUT2D eigenvalue weighted by atomic mass is 9.93. The molecule has 0 bridgehead atoms. The average Bonchev–Trinajstić information content (AvgIpc) is 2.93. The molecule has 0 aliphatic carbocycles. The Labute approximate surface area is 124 Å². The van der Waals surface area contributed by atoms with E-state index >= 15 is 0 Å². The van der Waals surface area contributed by atoms with Crippen LogP contribution in [0.2, 0.25) is 5.02 Å². The monoisotopic (exact) mass is 293 g/mol. The standard InChI is InChI=1S/C16H20ClNS/c1-2-18-12-13(9-10-14-6-5-11-19-14)15-7-3-4-8-16(15)17/h3-8,11,13,18H,2,9-10,12H2,1H3. The molecule has 1 heterocycles. The Kier molecular flexibility index (Phi) is 5.90. The average molecular weight is 294 g/mol. The van der Waals surface area contributed by atoms with Crippen molar-refractivity contribution in [3.05, 3.63) is 57.2 Å². The fourth-order valence-corrected chi connectivity index (χ4v) is 3.28. The first kappa shape index (κ1) is 14.6. The smallest absolute Gasteiger partial charge is 0.0441 e. The molecule has 0 amide bonds. The Morgan fingerprint density at radius 3 is 2.74 bits per heavy atom. The minimum Gasteiger partial charge on any atom is -0.316 e. The number of thiophene rings is 1. The second-order valence-corrected chi connectivity index (χ2v) is 6.08. The van der Waals surface area contributed by atoms with Crippen molar-refractivity contribution in [3.8, 4) is 0 Å². The molecule has 0 aliphatic rings. The summed E-state index contributed by atoms with van der Waals surface area (Å²) in [6, 6.07) is 12.5. The zero-order valence-electron chi connectivity index (χ0n) is 11.2. The van der Waals surface area contributed by atoms with Crippen molar-refractivity contribution in [2.75, 3.05) is 13.1 Å². The number of benzene rings is 1. The molecule has 0 fully saturated rings. The summed E-state index contributed by atoms with van der Waals surface area (Å²) in [5.74, 6) is 0.482. The summed E-state index contributed by atoms with van der Waals surface area (Å²) in [7, 11) is 0. The molecule has 102 valence electrons. The molecule has 3 heteroatoms. The molecule has 0 spiro atoms. The van der Waals surface area contributed by atoms with Crippen LogP contribution in [0.5, 0.6) is 0 Å². The molecule has 0 saturated carbocycles. The first-order valence-electron chi connectivity index (χ1n) is 6.78. The SMILES string of the molecule is CCNCC(CCc1cccs1)c1ccccc1Cl. The molecule has 1 aromatic carbocycles. The van der Waals surface area contributed by atoms with E-state index in [1.807, 2.05) is 23.5 Å². The van der Waals surface area contributed by atoms with Gasteiger partial charge in [-0.05, 0) is 48.4 Å². The van der Waals surface area contributed by atoms with Crippen LogP contribution in [-0.4, -0.2) is 13.1 Å². The van der Waals surface area contributed by atoms with Crippen LogP contribution in [0.1, 0.15) is 29.7 Å². The number of hydrogen-bond acceptors (Lipinski definition) is 2. The first-order valence-corrected chi connectivity index (χ1v) is 8.04. The maximum atomic E-state index is 6.33. The molecule has 19 heavy (non-hydrogen) atoms. The third kappa shape index (κ3) is 4.34. The van der Waals surface area contributed by atoms with Gasteiger partial charge in [0.1, 0.15) is 0 Å². The minimum absolute atomic E-state index is 0.482. The molecule has 1 unspecified atom stereocenters. The highest BCUT2D eigenvalue weighted by atomic mass is 35.5. The second-order valence-electron chi connectivity index (χ2n) is 4.64. The quantitative estimate of drug-likeness (QED) is 0.778. The lowest BCUT2D eigenvalue weighted by molar-refractivity contribution is 0.563. The van der Waals surface area contributed by atoms with Gasteiger partial charge in [-0.25, -0.2) is 0 Å². The van der Waals surface area contributed by atoms with Gasteiger partial charge < -0.3 is 5.32 Å². The van der Waals surface area contributed by atoms with Gasteiger partial charge in [-0.15, -0.1) is 11.3 Å². The van der Waals surface area contributed by atoms with Crippen LogP contribution < -0.4 is 5.32 Å². The number of halogens is 1. The molecule has 0 aliphatic heterocycles. The van der Waals surface area contributed by atoms with E-state index in [0.717, 1.165) is 31.0 Å². The van der Waals surface area contributed by atoms with Crippen LogP contribution >= 0.6 is 22.9 Å². The predicted molar refractivity (Wildman–Crippen MR) is 85.4 cm³/mol. The van der Waals surface area contributed by atoms with Crippen molar-refractivity contribution in [3.63, 3.8) is 0 Å². The molecular weight excluding hydrogens is 274 g/mol. The van der Waals surface area contributed by atoms with Crippen LogP contribution in [0.15, 0.2) is 41.8 Å². The molecular formula is C16H20ClNS. The molecule has 0 saturated heterocycles. The van der Waals surface area contributed by atoms with Crippen molar-refractivity contribution in [2.45, 2.75) is 25.7 Å². The van der Waals surface area contributed by atoms with Gasteiger partial charge in [-0.2, -0.15) is 0 Å². The maximum Gasteiger partial charge on any atom is 0.0441 e. The van der Waals surface area contributed by atoms with Gasteiger partial charge in [0.05, 0.1) is 0 Å². The van der Waals surface area contributed by atoms with E-state index in [1.54, 1.807) is 0 Å². The number of hydrogen-bond donors (Lipinski definition) is 1. The van der Waals surface area contributed by atoms with Crippen LogP contribution in [0.3, 0.4) is 0 Å². The number of rotatable bonds is 7. The summed E-state index contributed by atoms with van der Waals surface area (Å²) in [6.45, 7) is 4.13. The van der Waals surface area contributed by atoms with E-state index in [0.29, 0.717) is 5.92 Å². The van der Waals surface area contributed by atoms with Gasteiger partial charge in [0.15, 0.2) is 0 Å². The van der Waals surface area contributed by atoms with Crippen molar-refractivity contribution >= 4 is 22.9 Å². The van der Waals surface area contributed by atoms with Gasteiger partial charge in [0.2, 0.25) is 0 Å². The Hall–Kier alpha value is -0.830. The Morgan fingerprint density at radius 1 is 1.21 bits per heavy atom. The number of likely N-dealkylation sites (N-methyl/N-ethyl adjacent to an activating group) is 1. The number of aryl methyl sites for hydroxylation is 1. The van der Waals surface area contributed by atoms with Gasteiger partial charge in [0, 0.05) is 16.4 Å². The van der Waals surface area contributed by atoms with E-state index in [2.05, 4.69) is 41.9 Å². The normalized spacial score (nSPS) is 12.5. The molecule has 2 aromatic rings. The highest BCUT2D eigenvalue weighted by molar-refractivity contribution is 7.09. The van der Waals surface area contributed by atoms with Crippen LogP contribution in [0.25, 0.3) is 0 Å². The summed E-state index contributed by atoms with van der Waals surface area (Å²) < 4.78 is 0. The lowest BCUT2D eigenvalue weighted by Gasteiger charge is -2.18. The fraction of sp³-hybridized carbons (Fsp3) is 0.375. The highest BCUT2D eigenvalue weighted by Crippen LogP contribution is 2.28.